The molecule has 74 valence electrons. The van der Waals surface area contributed by atoms with Crippen molar-refractivity contribution in [1.82, 2.24) is 4.98 Å². The number of ketones is 1. The summed E-state index contributed by atoms with van der Waals surface area (Å²) in [6, 6.07) is 3.99. The Balaban J connectivity index is 2.07. The second-order valence-electron chi connectivity index (χ2n) is 2.96. The first-order valence-corrected chi connectivity index (χ1v) is 6.88. The molecule has 15 heavy (non-hydrogen) atoms. The number of hydrogen-bond donors (Lipinski definition) is 0. The van der Waals surface area contributed by atoms with E-state index in [0.29, 0.717) is 5.69 Å². The molecule has 0 aliphatic rings. The molecular formula is C10H5NOS3. The average molecular weight is 251 g/mol. The summed E-state index contributed by atoms with van der Waals surface area (Å²) in [6.45, 7) is 0. The maximum absolute atomic E-state index is 11.9. The molecule has 0 spiro atoms. The van der Waals surface area contributed by atoms with Gasteiger partial charge in [-0.1, -0.05) is 0 Å². The van der Waals surface area contributed by atoms with Crippen molar-refractivity contribution in [2.75, 3.05) is 0 Å². The number of carbonyl (C=O) groups excluding carboxylic acids is 1. The van der Waals surface area contributed by atoms with Gasteiger partial charge in [0.15, 0.2) is 0 Å². The lowest BCUT2D eigenvalue weighted by molar-refractivity contribution is 0.103. The van der Waals surface area contributed by atoms with E-state index >= 15 is 0 Å². The second-order valence-corrected chi connectivity index (χ2v) is 5.71. The first-order chi connectivity index (χ1) is 7.34. The first-order valence-electron chi connectivity index (χ1n) is 4.24. The zero-order chi connectivity index (χ0) is 10.3. The Morgan fingerprint density at radius 1 is 1.33 bits per heavy atom. The zero-order valence-corrected chi connectivity index (χ0v) is 9.92. The monoisotopic (exact) mass is 251 g/mol. The summed E-state index contributed by atoms with van der Waals surface area (Å²) in [5.74, 6) is 0.0321. The van der Waals surface area contributed by atoms with E-state index in [1.54, 1.807) is 22.2 Å². The van der Waals surface area contributed by atoms with Crippen molar-refractivity contribution >= 4 is 49.2 Å². The Labute approximate surface area is 97.8 Å². The molecule has 0 aliphatic carbocycles. The fourth-order valence-corrected chi connectivity index (χ4v) is 3.92. The van der Waals surface area contributed by atoms with E-state index in [1.807, 2.05) is 17.5 Å². The molecule has 0 unspecified atom stereocenters. The van der Waals surface area contributed by atoms with Gasteiger partial charge in [0.05, 0.1) is 10.4 Å². The van der Waals surface area contributed by atoms with Gasteiger partial charge in [-0.15, -0.1) is 34.0 Å². The van der Waals surface area contributed by atoms with Crippen LogP contribution in [0.25, 0.3) is 9.40 Å². The molecule has 0 amide bonds. The van der Waals surface area contributed by atoms with Crippen molar-refractivity contribution in [3.8, 4) is 0 Å². The molecule has 3 rings (SSSR count). The highest BCUT2D eigenvalue weighted by molar-refractivity contribution is 7.28. The quantitative estimate of drug-likeness (QED) is 0.651. The van der Waals surface area contributed by atoms with Crippen molar-refractivity contribution in [2.24, 2.45) is 0 Å². The standard InChI is InChI=1S/C10H5NOS3/c12-10(6-4-13-5-11-6)9-3-8-7(15-9)1-2-14-8/h1-5H. The summed E-state index contributed by atoms with van der Waals surface area (Å²) in [5, 5.41) is 3.83. The van der Waals surface area contributed by atoms with Gasteiger partial charge >= 0.3 is 0 Å². The van der Waals surface area contributed by atoms with Crippen LogP contribution in [-0.2, 0) is 0 Å². The molecule has 0 fully saturated rings. The number of carbonyl (C=O) groups is 1. The van der Waals surface area contributed by atoms with Crippen LogP contribution < -0.4 is 0 Å². The predicted octanol–water partition coefficient (Wildman–Crippen LogP) is 3.65. The summed E-state index contributed by atoms with van der Waals surface area (Å²) < 4.78 is 2.36. The lowest BCUT2D eigenvalue weighted by Crippen LogP contribution is -1.97. The van der Waals surface area contributed by atoms with E-state index < -0.39 is 0 Å². The highest BCUT2D eigenvalue weighted by atomic mass is 32.1. The first kappa shape index (κ1) is 9.21. The summed E-state index contributed by atoms with van der Waals surface area (Å²) in [6.07, 6.45) is 0. The van der Waals surface area contributed by atoms with Crippen molar-refractivity contribution in [2.45, 2.75) is 0 Å². The van der Waals surface area contributed by atoms with E-state index in [4.69, 9.17) is 0 Å². The normalized spacial score (nSPS) is 10.9. The molecule has 0 aromatic carbocycles. The predicted molar refractivity (Wildman–Crippen MR) is 65.2 cm³/mol. The maximum Gasteiger partial charge on any atom is 0.222 e. The Morgan fingerprint density at radius 3 is 3.00 bits per heavy atom. The van der Waals surface area contributed by atoms with Crippen LogP contribution in [0, 0.1) is 0 Å². The van der Waals surface area contributed by atoms with E-state index in [-0.39, 0.29) is 5.78 Å². The molecule has 2 nitrogen and oxygen atoms in total. The Kier molecular flexibility index (Phi) is 2.16. The highest BCUT2D eigenvalue weighted by Gasteiger charge is 2.14. The fourth-order valence-electron chi connectivity index (χ4n) is 1.33. The molecule has 0 N–H and O–H groups in total. The van der Waals surface area contributed by atoms with Crippen LogP contribution in [0.15, 0.2) is 28.4 Å². The highest BCUT2D eigenvalue weighted by Crippen LogP contribution is 2.31. The van der Waals surface area contributed by atoms with Crippen molar-refractivity contribution in [3.63, 3.8) is 0 Å². The number of fused-ring (bicyclic) bond motifs is 1. The molecule has 0 atom stereocenters. The number of rotatable bonds is 2. The van der Waals surface area contributed by atoms with Crippen molar-refractivity contribution in [1.29, 1.82) is 0 Å². The van der Waals surface area contributed by atoms with Crippen molar-refractivity contribution in [3.05, 3.63) is 39.0 Å². The molecule has 0 radical (unpaired) electrons. The SMILES string of the molecule is O=C(c1cscn1)c1cc2sccc2s1. The van der Waals surface area contributed by atoms with Gasteiger partial charge in [0.1, 0.15) is 5.69 Å². The minimum Gasteiger partial charge on any atom is -0.286 e. The van der Waals surface area contributed by atoms with Crippen molar-refractivity contribution < 1.29 is 4.79 Å². The van der Waals surface area contributed by atoms with Crippen LogP contribution in [0.1, 0.15) is 15.4 Å². The Hall–Kier alpha value is -1.04. The molecule has 0 saturated carbocycles. The number of aromatic nitrogens is 1. The van der Waals surface area contributed by atoms with Crippen LogP contribution in [0.4, 0.5) is 0 Å². The topological polar surface area (TPSA) is 30.0 Å². The van der Waals surface area contributed by atoms with Crippen LogP contribution in [0.5, 0.6) is 0 Å². The number of thiophene rings is 2. The summed E-state index contributed by atoms with van der Waals surface area (Å²) >= 11 is 4.65. The van der Waals surface area contributed by atoms with Crippen LogP contribution in [0.2, 0.25) is 0 Å². The molecule has 0 saturated heterocycles. The largest absolute Gasteiger partial charge is 0.286 e. The fraction of sp³-hybridized carbons (Fsp3) is 0. The number of hydrogen-bond acceptors (Lipinski definition) is 5. The van der Waals surface area contributed by atoms with Gasteiger partial charge in [-0.05, 0) is 17.5 Å². The van der Waals surface area contributed by atoms with Gasteiger partial charge < -0.3 is 0 Å². The molecule has 0 bridgehead atoms. The third-order valence-electron chi connectivity index (χ3n) is 2.03. The van der Waals surface area contributed by atoms with Gasteiger partial charge in [-0.3, -0.25) is 4.79 Å². The second kappa shape index (κ2) is 3.52. The molecule has 0 aliphatic heterocycles. The third kappa shape index (κ3) is 1.52. The maximum atomic E-state index is 11.9. The summed E-state index contributed by atoms with van der Waals surface area (Å²) in [4.78, 5) is 16.7. The van der Waals surface area contributed by atoms with E-state index in [0.717, 1.165) is 4.88 Å². The number of thiazole rings is 1. The molecule has 3 aromatic rings. The summed E-state index contributed by atoms with van der Waals surface area (Å²) in [5.41, 5.74) is 2.23. The van der Waals surface area contributed by atoms with Gasteiger partial charge in [-0.2, -0.15) is 0 Å². The van der Waals surface area contributed by atoms with Crippen LogP contribution >= 0.6 is 34.0 Å². The zero-order valence-electron chi connectivity index (χ0n) is 7.47. The number of nitrogens with zero attached hydrogens (tertiary/aromatic N) is 1. The van der Waals surface area contributed by atoms with Gasteiger partial charge in [0.2, 0.25) is 5.78 Å². The lowest BCUT2D eigenvalue weighted by Gasteiger charge is -1.89. The molecule has 3 heterocycles. The minimum atomic E-state index is 0.0321. The Bertz CT molecular complexity index is 577. The Morgan fingerprint density at radius 2 is 2.27 bits per heavy atom. The average Bonchev–Trinajstić information content (AvgIpc) is 2.92. The summed E-state index contributed by atoms with van der Waals surface area (Å²) in [7, 11) is 0. The van der Waals surface area contributed by atoms with Crippen LogP contribution in [-0.4, -0.2) is 10.8 Å². The van der Waals surface area contributed by atoms with Gasteiger partial charge in [-0.25, -0.2) is 4.98 Å². The molecule has 5 heteroatoms. The van der Waals surface area contributed by atoms with Gasteiger partial charge in [0, 0.05) is 14.8 Å². The molecular weight excluding hydrogens is 246 g/mol. The molecule has 3 aromatic heterocycles. The minimum absolute atomic E-state index is 0.0321. The van der Waals surface area contributed by atoms with E-state index in [9.17, 15) is 4.79 Å². The van der Waals surface area contributed by atoms with Gasteiger partial charge in [0.25, 0.3) is 0 Å². The third-order valence-corrected chi connectivity index (χ3v) is 4.71. The smallest absolute Gasteiger partial charge is 0.222 e. The van der Waals surface area contributed by atoms with E-state index in [2.05, 4.69) is 4.98 Å². The van der Waals surface area contributed by atoms with Crippen LogP contribution in [0.3, 0.4) is 0 Å². The lowest BCUT2D eigenvalue weighted by atomic mass is 10.2. The van der Waals surface area contributed by atoms with E-state index in [1.165, 1.54) is 32.1 Å².